The molecule has 4 rings (SSSR count). The number of hydrogen-bond acceptors (Lipinski definition) is 5. The molecule has 2 fully saturated rings. The summed E-state index contributed by atoms with van der Waals surface area (Å²) >= 11 is 1.65. The first-order valence-corrected chi connectivity index (χ1v) is 12.4. The third-order valence-electron chi connectivity index (χ3n) is 6.42. The van der Waals surface area contributed by atoms with Gasteiger partial charge in [-0.2, -0.15) is 0 Å². The number of likely N-dealkylation sites (tertiary alicyclic amines) is 1. The smallest absolute Gasteiger partial charge is 0.227 e. The highest BCUT2D eigenvalue weighted by molar-refractivity contribution is 7.12. The lowest BCUT2D eigenvalue weighted by Crippen LogP contribution is -2.48. The van der Waals surface area contributed by atoms with Gasteiger partial charge in [-0.3, -0.25) is 9.69 Å². The van der Waals surface area contributed by atoms with Crippen molar-refractivity contribution in [2.75, 3.05) is 32.7 Å². The number of benzene rings is 1. The highest BCUT2D eigenvalue weighted by Gasteiger charge is 2.28. The molecule has 168 valence electrons. The number of morpholine rings is 1. The summed E-state index contributed by atoms with van der Waals surface area (Å²) in [4.78, 5) is 23.5. The first-order valence-electron chi connectivity index (χ1n) is 11.6. The van der Waals surface area contributed by atoms with Crippen LogP contribution in [-0.4, -0.2) is 65.6 Å². The highest BCUT2D eigenvalue weighted by Crippen LogP contribution is 2.30. The van der Waals surface area contributed by atoms with E-state index in [-0.39, 0.29) is 5.91 Å². The van der Waals surface area contributed by atoms with Crippen molar-refractivity contribution in [2.24, 2.45) is 5.92 Å². The molecule has 2 saturated heterocycles. The van der Waals surface area contributed by atoms with Gasteiger partial charge in [0.25, 0.3) is 0 Å². The summed E-state index contributed by atoms with van der Waals surface area (Å²) in [5.74, 6) is 0.916. The van der Waals surface area contributed by atoms with Crippen molar-refractivity contribution >= 4 is 17.2 Å². The van der Waals surface area contributed by atoms with E-state index in [2.05, 4.69) is 54.8 Å². The van der Waals surface area contributed by atoms with E-state index in [1.54, 1.807) is 11.3 Å². The molecule has 1 aromatic carbocycles. The number of piperidine rings is 1. The number of carbonyl (C=O) groups excluding carboxylic acids is 1. The fraction of sp³-hybridized carbons (Fsp3) is 0.600. The van der Waals surface area contributed by atoms with Crippen molar-refractivity contribution < 1.29 is 9.53 Å². The number of nitrogens with zero attached hydrogens (tertiary/aromatic N) is 3. The van der Waals surface area contributed by atoms with E-state index in [4.69, 9.17) is 9.72 Å². The molecule has 2 aromatic rings. The summed E-state index contributed by atoms with van der Waals surface area (Å²) < 4.78 is 5.86. The van der Waals surface area contributed by atoms with Crippen LogP contribution in [0.15, 0.2) is 24.3 Å². The molecule has 0 spiro atoms. The Balaban J connectivity index is 1.32. The van der Waals surface area contributed by atoms with Crippen LogP contribution < -0.4 is 0 Å². The van der Waals surface area contributed by atoms with Crippen molar-refractivity contribution in [2.45, 2.75) is 59.2 Å². The normalized spacial score (nSPS) is 23.3. The topological polar surface area (TPSA) is 45.7 Å². The van der Waals surface area contributed by atoms with Gasteiger partial charge in [0.1, 0.15) is 0 Å². The van der Waals surface area contributed by atoms with Crippen LogP contribution in [0.5, 0.6) is 0 Å². The molecule has 6 heteroatoms. The van der Waals surface area contributed by atoms with E-state index >= 15 is 0 Å². The molecular weight excluding hydrogens is 406 g/mol. The molecule has 5 nitrogen and oxygen atoms in total. The molecule has 0 N–H and O–H groups in total. The minimum absolute atomic E-state index is 0.240. The van der Waals surface area contributed by atoms with Crippen LogP contribution in [0.3, 0.4) is 0 Å². The Hall–Kier alpha value is -1.76. The second kappa shape index (κ2) is 9.80. The average Bonchev–Trinajstić information content (AvgIpc) is 3.08. The molecular formula is C25H35N3O2S. The number of thiazole rings is 1. The number of carbonyl (C=O) groups is 1. The maximum atomic E-state index is 13.1. The van der Waals surface area contributed by atoms with E-state index in [0.29, 0.717) is 24.5 Å². The minimum atomic E-state index is 0.240. The van der Waals surface area contributed by atoms with Gasteiger partial charge in [-0.25, -0.2) is 4.98 Å². The van der Waals surface area contributed by atoms with Crippen LogP contribution in [-0.2, 0) is 16.0 Å². The Labute approximate surface area is 190 Å². The molecule has 1 amide bonds. The number of ether oxygens (including phenoxy) is 1. The summed E-state index contributed by atoms with van der Waals surface area (Å²) in [6, 6.07) is 8.43. The predicted octanol–water partition coefficient (Wildman–Crippen LogP) is 4.32. The van der Waals surface area contributed by atoms with Crippen LogP contribution in [0.1, 0.15) is 42.1 Å². The second-order valence-electron chi connectivity index (χ2n) is 9.35. The van der Waals surface area contributed by atoms with Gasteiger partial charge in [0.05, 0.1) is 29.3 Å². The van der Waals surface area contributed by atoms with Gasteiger partial charge in [0, 0.05) is 43.2 Å². The predicted molar refractivity (Wildman–Crippen MR) is 126 cm³/mol. The van der Waals surface area contributed by atoms with Crippen molar-refractivity contribution in [1.29, 1.82) is 0 Å². The van der Waals surface area contributed by atoms with Crippen LogP contribution in [0, 0.1) is 19.8 Å². The van der Waals surface area contributed by atoms with Crippen LogP contribution >= 0.6 is 11.3 Å². The van der Waals surface area contributed by atoms with Gasteiger partial charge >= 0.3 is 0 Å². The monoisotopic (exact) mass is 441 g/mol. The maximum Gasteiger partial charge on any atom is 0.227 e. The molecule has 2 atom stereocenters. The summed E-state index contributed by atoms with van der Waals surface area (Å²) in [5, 5.41) is 1.02. The van der Waals surface area contributed by atoms with Crippen molar-refractivity contribution in [1.82, 2.24) is 14.8 Å². The number of hydrogen-bond donors (Lipinski definition) is 0. The van der Waals surface area contributed by atoms with E-state index in [9.17, 15) is 4.79 Å². The molecule has 0 aliphatic carbocycles. The fourth-order valence-electron chi connectivity index (χ4n) is 4.94. The summed E-state index contributed by atoms with van der Waals surface area (Å²) in [6.07, 6.45) is 3.28. The van der Waals surface area contributed by atoms with E-state index < -0.39 is 0 Å². The third-order valence-corrected chi connectivity index (χ3v) is 7.39. The lowest BCUT2D eigenvalue weighted by molar-refractivity contribution is -0.132. The Kier molecular flexibility index (Phi) is 7.09. The summed E-state index contributed by atoms with van der Waals surface area (Å²) in [7, 11) is 0. The molecule has 0 radical (unpaired) electrons. The summed E-state index contributed by atoms with van der Waals surface area (Å²) in [6.45, 7) is 13.4. The number of aryl methyl sites for hydroxylation is 2. The average molecular weight is 442 g/mol. The van der Waals surface area contributed by atoms with Crippen LogP contribution in [0.2, 0.25) is 0 Å². The van der Waals surface area contributed by atoms with E-state index in [1.807, 2.05) is 6.92 Å². The molecule has 2 aliphatic heterocycles. The van der Waals surface area contributed by atoms with Crippen molar-refractivity contribution in [3.8, 4) is 11.3 Å². The SMILES string of the molecule is Cc1ccc(-c2nc(C)sc2CC(=O)N2CCC(CN3CC(C)OC(C)C3)CC2)cc1. The first kappa shape index (κ1) is 22.4. The van der Waals surface area contributed by atoms with Gasteiger partial charge in [-0.15, -0.1) is 11.3 Å². The minimum Gasteiger partial charge on any atom is -0.373 e. The molecule has 2 aliphatic rings. The van der Waals surface area contributed by atoms with E-state index in [1.165, 1.54) is 5.56 Å². The maximum absolute atomic E-state index is 13.1. The first-order chi connectivity index (χ1) is 14.9. The Morgan fingerprint density at radius 3 is 2.39 bits per heavy atom. The number of rotatable bonds is 5. The lowest BCUT2D eigenvalue weighted by Gasteiger charge is -2.39. The lowest BCUT2D eigenvalue weighted by atomic mass is 9.95. The largest absolute Gasteiger partial charge is 0.373 e. The third kappa shape index (κ3) is 5.73. The Morgan fingerprint density at radius 1 is 1.10 bits per heavy atom. The van der Waals surface area contributed by atoms with Crippen molar-refractivity contribution in [3.05, 3.63) is 39.7 Å². The van der Waals surface area contributed by atoms with Crippen LogP contribution in [0.25, 0.3) is 11.3 Å². The zero-order valence-electron chi connectivity index (χ0n) is 19.3. The Bertz CT molecular complexity index is 877. The Morgan fingerprint density at radius 2 is 1.74 bits per heavy atom. The van der Waals surface area contributed by atoms with Gasteiger partial charge in [-0.1, -0.05) is 29.8 Å². The molecule has 31 heavy (non-hydrogen) atoms. The fourth-order valence-corrected chi connectivity index (χ4v) is 5.89. The van der Waals surface area contributed by atoms with Crippen LogP contribution in [0.4, 0.5) is 0 Å². The molecule has 2 unspecified atom stereocenters. The standard InChI is InChI=1S/C25H35N3O2S/c1-17-5-7-22(8-6-17)25-23(31-20(4)26-25)13-24(29)28-11-9-21(10-12-28)16-27-14-18(2)30-19(3)15-27/h5-8,18-19,21H,9-16H2,1-4H3. The molecule has 1 aromatic heterocycles. The second-order valence-corrected chi connectivity index (χ2v) is 10.6. The number of aromatic nitrogens is 1. The molecule has 0 bridgehead atoms. The highest BCUT2D eigenvalue weighted by atomic mass is 32.1. The van der Waals surface area contributed by atoms with Gasteiger partial charge in [-0.05, 0) is 46.5 Å². The zero-order valence-corrected chi connectivity index (χ0v) is 20.1. The quantitative estimate of drug-likeness (QED) is 0.693. The van der Waals surface area contributed by atoms with Crippen molar-refractivity contribution in [3.63, 3.8) is 0 Å². The summed E-state index contributed by atoms with van der Waals surface area (Å²) in [5.41, 5.74) is 3.31. The van der Waals surface area contributed by atoms with Gasteiger partial charge in [0.15, 0.2) is 0 Å². The molecule has 0 saturated carbocycles. The zero-order chi connectivity index (χ0) is 22.0. The van der Waals surface area contributed by atoms with Gasteiger partial charge < -0.3 is 9.64 Å². The molecule has 3 heterocycles. The number of amides is 1. The van der Waals surface area contributed by atoms with Gasteiger partial charge in [0.2, 0.25) is 5.91 Å². The van der Waals surface area contributed by atoms with E-state index in [0.717, 1.165) is 66.7 Å².